The van der Waals surface area contributed by atoms with Crippen molar-refractivity contribution in [2.75, 3.05) is 11.6 Å². The van der Waals surface area contributed by atoms with Gasteiger partial charge in [-0.1, -0.05) is 0 Å². The fourth-order valence-electron chi connectivity index (χ4n) is 1.55. The number of carboxylic acids is 2. The molecule has 1 unspecified atom stereocenters. The van der Waals surface area contributed by atoms with Crippen molar-refractivity contribution in [1.82, 2.24) is 10.6 Å². The molecule has 1 fully saturated rings. The van der Waals surface area contributed by atoms with Crippen molar-refractivity contribution in [3.8, 4) is 0 Å². The molecule has 18 heavy (non-hydrogen) atoms. The van der Waals surface area contributed by atoms with Crippen molar-refractivity contribution in [1.29, 1.82) is 0 Å². The monoisotopic (exact) mass is 276 g/mol. The summed E-state index contributed by atoms with van der Waals surface area (Å²) in [6.07, 6.45) is 0.240. The van der Waals surface area contributed by atoms with Crippen LogP contribution in [-0.2, 0) is 14.4 Å². The minimum atomic E-state index is -1.14. The van der Waals surface area contributed by atoms with Crippen LogP contribution in [0.5, 0.6) is 0 Å². The third-order valence-corrected chi connectivity index (χ3v) is 3.47. The van der Waals surface area contributed by atoms with Crippen LogP contribution < -0.4 is 10.6 Å². The Morgan fingerprint density at radius 2 is 2.11 bits per heavy atom. The smallest absolute Gasteiger partial charge is 0.326 e. The standard InChI is InChI=1S/C10H16N2O5S/c13-8(14)3-1-2-6(10(16)17)12-9(15)7-4-18-5-11-7/h6-7,11H,1-5H2,(H,12,15)(H,13,14)(H,16,17)/t6-,7?/m1/s1. The second kappa shape index (κ2) is 7.22. The van der Waals surface area contributed by atoms with Crippen molar-refractivity contribution in [2.45, 2.75) is 31.3 Å². The number of nitrogens with one attached hydrogen (secondary N) is 2. The van der Waals surface area contributed by atoms with E-state index in [0.29, 0.717) is 11.6 Å². The molecule has 0 aromatic rings. The Balaban J connectivity index is 2.39. The van der Waals surface area contributed by atoms with Crippen LogP contribution in [0.3, 0.4) is 0 Å². The number of rotatable bonds is 7. The second-order valence-electron chi connectivity index (χ2n) is 3.96. The number of carbonyl (C=O) groups excluding carboxylic acids is 1. The highest BCUT2D eigenvalue weighted by molar-refractivity contribution is 7.99. The van der Waals surface area contributed by atoms with Crippen molar-refractivity contribution in [2.24, 2.45) is 0 Å². The molecule has 0 aliphatic carbocycles. The van der Waals surface area contributed by atoms with Crippen LogP contribution >= 0.6 is 11.8 Å². The number of thioether (sulfide) groups is 1. The zero-order valence-corrected chi connectivity index (χ0v) is 10.5. The summed E-state index contributed by atoms with van der Waals surface area (Å²) in [5, 5.41) is 22.8. The van der Waals surface area contributed by atoms with Crippen LogP contribution in [0.4, 0.5) is 0 Å². The first-order valence-corrected chi connectivity index (χ1v) is 6.72. The van der Waals surface area contributed by atoms with Crippen LogP contribution in [0.25, 0.3) is 0 Å². The molecular weight excluding hydrogens is 260 g/mol. The van der Waals surface area contributed by atoms with Crippen LogP contribution in [0.1, 0.15) is 19.3 Å². The van der Waals surface area contributed by atoms with Gasteiger partial charge in [-0.3, -0.25) is 14.9 Å². The molecule has 1 saturated heterocycles. The molecule has 1 heterocycles. The third kappa shape index (κ3) is 4.92. The predicted molar refractivity (Wildman–Crippen MR) is 65.3 cm³/mol. The van der Waals surface area contributed by atoms with Gasteiger partial charge in [0.2, 0.25) is 5.91 Å². The highest BCUT2D eigenvalue weighted by atomic mass is 32.2. The SMILES string of the molecule is O=C(O)CCC[C@@H](NC(=O)C1CSCN1)C(=O)O. The molecule has 8 heteroatoms. The lowest BCUT2D eigenvalue weighted by Crippen LogP contribution is -2.49. The van der Waals surface area contributed by atoms with Gasteiger partial charge in [0.1, 0.15) is 6.04 Å². The molecule has 102 valence electrons. The number of carbonyl (C=O) groups is 3. The molecular formula is C10H16N2O5S. The number of hydrogen-bond donors (Lipinski definition) is 4. The summed E-state index contributed by atoms with van der Waals surface area (Å²) in [5.74, 6) is -1.16. The molecule has 1 rings (SSSR count). The van der Waals surface area contributed by atoms with Crippen molar-refractivity contribution < 1.29 is 24.6 Å². The molecule has 7 nitrogen and oxygen atoms in total. The van der Waals surface area contributed by atoms with E-state index in [1.165, 1.54) is 0 Å². The van der Waals surface area contributed by atoms with Gasteiger partial charge in [0.05, 0.1) is 6.04 Å². The Kier molecular flexibility index (Phi) is 5.93. The lowest BCUT2D eigenvalue weighted by molar-refractivity contribution is -0.143. The average Bonchev–Trinajstić information content (AvgIpc) is 2.80. The maximum Gasteiger partial charge on any atom is 0.326 e. The van der Waals surface area contributed by atoms with Gasteiger partial charge in [-0.2, -0.15) is 0 Å². The summed E-state index contributed by atoms with van der Waals surface area (Å²) in [5.41, 5.74) is 0. The number of amides is 1. The van der Waals surface area contributed by atoms with Crippen LogP contribution in [0.15, 0.2) is 0 Å². The van der Waals surface area contributed by atoms with E-state index in [1.807, 2.05) is 0 Å². The molecule has 2 atom stereocenters. The Morgan fingerprint density at radius 1 is 1.39 bits per heavy atom. The maximum absolute atomic E-state index is 11.7. The fraction of sp³-hybridized carbons (Fsp3) is 0.700. The molecule has 1 aliphatic heterocycles. The maximum atomic E-state index is 11.7. The summed E-state index contributed by atoms with van der Waals surface area (Å²) >= 11 is 1.57. The van der Waals surface area contributed by atoms with E-state index in [4.69, 9.17) is 10.2 Å². The first-order chi connectivity index (χ1) is 8.50. The van der Waals surface area contributed by atoms with Gasteiger partial charge < -0.3 is 15.5 Å². The lowest BCUT2D eigenvalue weighted by Gasteiger charge is -2.16. The number of aliphatic carboxylic acids is 2. The molecule has 1 amide bonds. The minimum absolute atomic E-state index is 0.100. The van der Waals surface area contributed by atoms with E-state index in [2.05, 4.69) is 10.6 Å². The second-order valence-corrected chi connectivity index (χ2v) is 4.99. The van der Waals surface area contributed by atoms with Gasteiger partial charge in [-0.25, -0.2) is 4.79 Å². The Hall–Kier alpha value is -1.28. The molecule has 0 radical (unpaired) electrons. The van der Waals surface area contributed by atoms with E-state index in [-0.39, 0.29) is 31.2 Å². The van der Waals surface area contributed by atoms with Gasteiger partial charge in [0.25, 0.3) is 0 Å². The summed E-state index contributed by atoms with van der Waals surface area (Å²) in [7, 11) is 0. The van der Waals surface area contributed by atoms with E-state index >= 15 is 0 Å². The first kappa shape index (κ1) is 14.8. The summed E-state index contributed by atoms with van der Waals surface area (Å²) in [6.45, 7) is 0. The summed E-state index contributed by atoms with van der Waals surface area (Å²) < 4.78 is 0. The molecule has 0 bridgehead atoms. The van der Waals surface area contributed by atoms with E-state index < -0.39 is 18.0 Å². The molecule has 0 saturated carbocycles. The van der Waals surface area contributed by atoms with Gasteiger partial charge >= 0.3 is 11.9 Å². The van der Waals surface area contributed by atoms with Gasteiger partial charge in [0, 0.05) is 18.1 Å². The van der Waals surface area contributed by atoms with Crippen molar-refractivity contribution in [3.05, 3.63) is 0 Å². The number of carboxylic acid groups (broad SMARTS) is 2. The van der Waals surface area contributed by atoms with Gasteiger partial charge in [-0.15, -0.1) is 11.8 Å². The molecule has 1 aliphatic rings. The largest absolute Gasteiger partial charge is 0.481 e. The fourth-order valence-corrected chi connectivity index (χ4v) is 2.49. The Labute approximate surface area is 108 Å². The number of hydrogen-bond acceptors (Lipinski definition) is 5. The van der Waals surface area contributed by atoms with E-state index in [9.17, 15) is 14.4 Å². The average molecular weight is 276 g/mol. The van der Waals surface area contributed by atoms with Gasteiger partial charge in [-0.05, 0) is 12.8 Å². The van der Waals surface area contributed by atoms with Crippen LogP contribution in [0.2, 0.25) is 0 Å². The lowest BCUT2D eigenvalue weighted by atomic mass is 10.1. The topological polar surface area (TPSA) is 116 Å². The Morgan fingerprint density at radius 3 is 2.61 bits per heavy atom. The minimum Gasteiger partial charge on any atom is -0.481 e. The van der Waals surface area contributed by atoms with E-state index in [0.717, 1.165) is 0 Å². The molecule has 0 aromatic heterocycles. The molecule has 0 spiro atoms. The van der Waals surface area contributed by atoms with Crippen LogP contribution in [-0.4, -0.2) is 51.8 Å². The van der Waals surface area contributed by atoms with Crippen LogP contribution in [0, 0.1) is 0 Å². The normalized spacial score (nSPS) is 20.3. The third-order valence-electron chi connectivity index (χ3n) is 2.53. The first-order valence-electron chi connectivity index (χ1n) is 5.57. The Bertz CT molecular complexity index is 330. The van der Waals surface area contributed by atoms with Crippen molar-refractivity contribution in [3.63, 3.8) is 0 Å². The highest BCUT2D eigenvalue weighted by Gasteiger charge is 2.27. The van der Waals surface area contributed by atoms with E-state index in [1.54, 1.807) is 11.8 Å². The van der Waals surface area contributed by atoms with Crippen molar-refractivity contribution >= 4 is 29.6 Å². The molecule has 0 aromatic carbocycles. The predicted octanol–water partition coefficient (Wildman–Crippen LogP) is -0.527. The summed E-state index contributed by atoms with van der Waals surface area (Å²) in [6, 6.07) is -1.39. The summed E-state index contributed by atoms with van der Waals surface area (Å²) in [4.78, 5) is 33.0. The zero-order chi connectivity index (χ0) is 13.5. The quantitative estimate of drug-likeness (QED) is 0.494. The molecule has 4 N–H and O–H groups in total. The zero-order valence-electron chi connectivity index (χ0n) is 9.72. The highest BCUT2D eigenvalue weighted by Crippen LogP contribution is 2.10. The van der Waals surface area contributed by atoms with Gasteiger partial charge in [0.15, 0.2) is 0 Å².